The number of amides is 1. The first-order valence-electron chi connectivity index (χ1n) is 7.33. The van der Waals surface area contributed by atoms with Crippen LogP contribution >= 0.6 is 24.2 Å². The van der Waals surface area contributed by atoms with Crippen molar-refractivity contribution in [1.29, 1.82) is 0 Å². The van der Waals surface area contributed by atoms with E-state index < -0.39 is 0 Å². The minimum absolute atomic E-state index is 0. The van der Waals surface area contributed by atoms with Crippen molar-refractivity contribution >= 4 is 30.1 Å². The molecule has 0 fully saturated rings. The van der Waals surface area contributed by atoms with E-state index in [1.54, 1.807) is 11.8 Å². The normalized spacial score (nSPS) is 10.3. The van der Waals surface area contributed by atoms with Gasteiger partial charge in [0.05, 0.1) is 5.75 Å². The summed E-state index contributed by atoms with van der Waals surface area (Å²) in [6.07, 6.45) is 1.12. The van der Waals surface area contributed by atoms with Crippen molar-refractivity contribution in [2.24, 2.45) is 0 Å². The number of halogens is 1. The first-order valence-corrected chi connectivity index (χ1v) is 8.32. The van der Waals surface area contributed by atoms with Crippen LogP contribution < -0.4 is 10.6 Å². The number of benzene rings is 1. The summed E-state index contributed by atoms with van der Waals surface area (Å²) in [7, 11) is 0. The summed E-state index contributed by atoms with van der Waals surface area (Å²) in [6.45, 7) is 9.04. The van der Waals surface area contributed by atoms with Crippen LogP contribution in [0.1, 0.15) is 38.7 Å². The second-order valence-corrected chi connectivity index (χ2v) is 6.16. The van der Waals surface area contributed by atoms with Gasteiger partial charge in [-0.3, -0.25) is 4.79 Å². The lowest BCUT2D eigenvalue weighted by Gasteiger charge is -2.08. The first kappa shape index (κ1) is 20.3. The highest BCUT2D eigenvalue weighted by Crippen LogP contribution is 2.21. The summed E-state index contributed by atoms with van der Waals surface area (Å²) in [4.78, 5) is 12.8. The fourth-order valence-corrected chi connectivity index (χ4v) is 2.47. The summed E-state index contributed by atoms with van der Waals surface area (Å²) in [6, 6.07) is 8.46. The van der Waals surface area contributed by atoms with Gasteiger partial charge in [0.1, 0.15) is 0 Å². The first-order chi connectivity index (χ1) is 9.63. The third-order valence-corrected chi connectivity index (χ3v) is 3.98. The van der Waals surface area contributed by atoms with Crippen LogP contribution in [0, 0.1) is 0 Å². The fraction of sp³-hybridized carbons (Fsp3) is 0.562. The van der Waals surface area contributed by atoms with E-state index in [4.69, 9.17) is 0 Å². The molecule has 0 aromatic heterocycles. The van der Waals surface area contributed by atoms with Gasteiger partial charge in [-0.05, 0) is 36.6 Å². The largest absolute Gasteiger partial charge is 0.354 e. The minimum atomic E-state index is 0. The van der Waals surface area contributed by atoms with E-state index in [9.17, 15) is 4.79 Å². The Labute approximate surface area is 139 Å². The van der Waals surface area contributed by atoms with Gasteiger partial charge in [0, 0.05) is 18.0 Å². The molecule has 0 atom stereocenters. The Morgan fingerprint density at radius 1 is 1.14 bits per heavy atom. The number of carbonyl (C=O) groups is 1. The third kappa shape index (κ3) is 9.02. The van der Waals surface area contributed by atoms with Gasteiger partial charge in [0.2, 0.25) is 5.91 Å². The van der Waals surface area contributed by atoms with Gasteiger partial charge in [-0.1, -0.05) is 32.9 Å². The van der Waals surface area contributed by atoms with E-state index >= 15 is 0 Å². The van der Waals surface area contributed by atoms with Crippen LogP contribution in [-0.2, 0) is 4.79 Å². The molecule has 0 radical (unpaired) electrons. The van der Waals surface area contributed by atoms with Crippen LogP contribution in [0.25, 0.3) is 0 Å². The van der Waals surface area contributed by atoms with Gasteiger partial charge in [-0.2, -0.15) is 0 Å². The molecule has 0 saturated carbocycles. The highest BCUT2D eigenvalue weighted by Gasteiger charge is 2.03. The van der Waals surface area contributed by atoms with Crippen LogP contribution in [0.2, 0.25) is 0 Å². The highest BCUT2D eigenvalue weighted by atomic mass is 35.5. The van der Waals surface area contributed by atoms with Crippen LogP contribution in [0.15, 0.2) is 29.2 Å². The van der Waals surface area contributed by atoms with Gasteiger partial charge in [-0.25, -0.2) is 0 Å². The Morgan fingerprint density at radius 3 is 2.38 bits per heavy atom. The summed E-state index contributed by atoms with van der Waals surface area (Å²) < 4.78 is 0. The Kier molecular flexibility index (Phi) is 11.5. The monoisotopic (exact) mass is 330 g/mol. The van der Waals surface area contributed by atoms with E-state index in [0.717, 1.165) is 24.4 Å². The van der Waals surface area contributed by atoms with Crippen LogP contribution in [0.5, 0.6) is 0 Å². The fourth-order valence-electron chi connectivity index (χ4n) is 1.74. The summed E-state index contributed by atoms with van der Waals surface area (Å²) >= 11 is 1.58. The van der Waals surface area contributed by atoms with Crippen LogP contribution in [-0.4, -0.2) is 31.3 Å². The molecule has 3 nitrogen and oxygen atoms in total. The SMILES string of the molecule is CCCNCCNC(=O)CSc1ccc(C(C)C)cc1.Cl. The molecule has 0 aliphatic heterocycles. The van der Waals surface area contributed by atoms with Crippen LogP contribution in [0.4, 0.5) is 0 Å². The van der Waals surface area contributed by atoms with Crippen molar-refractivity contribution in [2.75, 3.05) is 25.4 Å². The molecule has 0 unspecified atom stereocenters. The lowest BCUT2D eigenvalue weighted by atomic mass is 10.0. The number of hydrogen-bond donors (Lipinski definition) is 2. The zero-order valence-electron chi connectivity index (χ0n) is 13.1. The number of thioether (sulfide) groups is 1. The molecule has 0 spiro atoms. The molecular formula is C16H27ClN2OS. The lowest BCUT2D eigenvalue weighted by molar-refractivity contribution is -0.118. The minimum Gasteiger partial charge on any atom is -0.354 e. The zero-order valence-corrected chi connectivity index (χ0v) is 14.8. The second kappa shape index (κ2) is 11.9. The standard InChI is InChI=1S/C16H26N2OS.ClH/c1-4-9-17-10-11-18-16(19)12-20-15-7-5-14(6-8-15)13(2)3;/h5-8,13,17H,4,9-12H2,1-3H3,(H,18,19);1H. The van der Waals surface area contributed by atoms with E-state index in [2.05, 4.69) is 55.7 Å². The Balaban J connectivity index is 0.00000400. The number of carbonyl (C=O) groups excluding carboxylic acids is 1. The van der Waals surface area contributed by atoms with Gasteiger partial charge in [0.15, 0.2) is 0 Å². The highest BCUT2D eigenvalue weighted by molar-refractivity contribution is 8.00. The molecule has 0 saturated heterocycles. The molecular weight excluding hydrogens is 304 g/mol. The molecule has 2 N–H and O–H groups in total. The van der Waals surface area contributed by atoms with Crippen molar-refractivity contribution in [3.8, 4) is 0 Å². The van der Waals surface area contributed by atoms with Gasteiger partial charge in [0.25, 0.3) is 0 Å². The summed E-state index contributed by atoms with van der Waals surface area (Å²) in [5.74, 6) is 1.13. The smallest absolute Gasteiger partial charge is 0.230 e. The molecule has 1 amide bonds. The quantitative estimate of drug-likeness (QED) is 0.538. The topological polar surface area (TPSA) is 41.1 Å². The molecule has 120 valence electrons. The van der Waals surface area contributed by atoms with E-state index in [1.165, 1.54) is 5.56 Å². The molecule has 1 rings (SSSR count). The lowest BCUT2D eigenvalue weighted by Crippen LogP contribution is -2.33. The molecule has 1 aromatic rings. The van der Waals surface area contributed by atoms with E-state index in [0.29, 0.717) is 18.2 Å². The maximum atomic E-state index is 11.7. The van der Waals surface area contributed by atoms with Crippen molar-refractivity contribution in [2.45, 2.75) is 38.0 Å². The average Bonchev–Trinajstić information content (AvgIpc) is 2.45. The number of nitrogens with one attached hydrogen (secondary N) is 2. The van der Waals surface area contributed by atoms with Crippen molar-refractivity contribution in [3.63, 3.8) is 0 Å². The van der Waals surface area contributed by atoms with E-state index in [1.807, 2.05) is 0 Å². The van der Waals surface area contributed by atoms with Crippen LogP contribution in [0.3, 0.4) is 0 Å². The molecule has 21 heavy (non-hydrogen) atoms. The maximum absolute atomic E-state index is 11.7. The van der Waals surface area contributed by atoms with Crippen molar-refractivity contribution in [3.05, 3.63) is 29.8 Å². The predicted octanol–water partition coefficient (Wildman–Crippen LogP) is 3.44. The molecule has 5 heteroatoms. The maximum Gasteiger partial charge on any atom is 0.230 e. The summed E-state index contributed by atoms with van der Waals surface area (Å²) in [5.41, 5.74) is 1.33. The molecule has 0 bridgehead atoms. The molecule has 0 aliphatic rings. The third-order valence-electron chi connectivity index (χ3n) is 2.97. The van der Waals surface area contributed by atoms with Gasteiger partial charge >= 0.3 is 0 Å². The zero-order chi connectivity index (χ0) is 14.8. The van der Waals surface area contributed by atoms with Crippen molar-refractivity contribution in [1.82, 2.24) is 10.6 Å². The molecule has 0 aliphatic carbocycles. The molecule has 1 aromatic carbocycles. The summed E-state index contributed by atoms with van der Waals surface area (Å²) in [5, 5.41) is 6.18. The van der Waals surface area contributed by atoms with Gasteiger partial charge < -0.3 is 10.6 Å². The number of hydrogen-bond acceptors (Lipinski definition) is 3. The van der Waals surface area contributed by atoms with Gasteiger partial charge in [-0.15, -0.1) is 24.2 Å². The average molecular weight is 331 g/mol. The molecule has 0 heterocycles. The second-order valence-electron chi connectivity index (χ2n) is 5.11. The Hall–Kier alpha value is -0.710. The van der Waals surface area contributed by atoms with Crippen molar-refractivity contribution < 1.29 is 4.79 Å². The Morgan fingerprint density at radius 2 is 1.81 bits per heavy atom. The van der Waals surface area contributed by atoms with E-state index in [-0.39, 0.29) is 18.3 Å². The number of rotatable bonds is 9. The Bertz CT molecular complexity index is 396. The predicted molar refractivity (Wildman–Crippen MR) is 94.7 cm³/mol.